The van der Waals surface area contributed by atoms with E-state index in [-0.39, 0.29) is 0 Å². The van der Waals surface area contributed by atoms with Crippen LogP contribution in [0.1, 0.15) is 52.7 Å². The van der Waals surface area contributed by atoms with Gasteiger partial charge < -0.3 is 9.80 Å². The molecule has 2 heteroatoms. The van der Waals surface area contributed by atoms with Crippen molar-refractivity contribution in [2.75, 3.05) is 23.9 Å². The van der Waals surface area contributed by atoms with Gasteiger partial charge in [0.1, 0.15) is 0 Å². The van der Waals surface area contributed by atoms with Gasteiger partial charge >= 0.3 is 0 Å². The first-order valence-corrected chi connectivity index (χ1v) is 9.68. The van der Waals surface area contributed by atoms with E-state index in [1.54, 1.807) is 0 Å². The van der Waals surface area contributed by atoms with Gasteiger partial charge in [-0.3, -0.25) is 0 Å². The molecule has 26 heavy (non-hydrogen) atoms. The Balaban J connectivity index is 1.99. The van der Waals surface area contributed by atoms with Crippen LogP contribution in [0.5, 0.6) is 0 Å². The van der Waals surface area contributed by atoms with Gasteiger partial charge in [-0.25, -0.2) is 0 Å². The molecule has 0 unspecified atom stereocenters. The lowest BCUT2D eigenvalue weighted by Crippen LogP contribution is -2.25. The van der Waals surface area contributed by atoms with Crippen LogP contribution in [0.3, 0.4) is 0 Å². The normalized spacial score (nSPS) is 14.3. The molecule has 2 aromatic rings. The monoisotopic (exact) mass is 350 g/mol. The van der Waals surface area contributed by atoms with Crippen molar-refractivity contribution in [3.63, 3.8) is 0 Å². The second-order valence-corrected chi connectivity index (χ2v) is 10.2. The molecule has 0 aromatic heterocycles. The fourth-order valence-electron chi connectivity index (χ4n) is 3.95. The number of rotatable bonds is 2. The zero-order valence-electron chi connectivity index (χ0n) is 17.8. The molecule has 0 atom stereocenters. The summed E-state index contributed by atoms with van der Waals surface area (Å²) >= 11 is 0. The van der Waals surface area contributed by atoms with Crippen LogP contribution in [0.4, 0.5) is 22.7 Å². The van der Waals surface area contributed by atoms with E-state index in [0.29, 0.717) is 10.8 Å². The third-order valence-corrected chi connectivity index (χ3v) is 4.99. The predicted octanol–water partition coefficient (Wildman–Crippen LogP) is 6.71. The Morgan fingerprint density at radius 2 is 0.923 bits per heavy atom. The maximum atomic E-state index is 2.36. The van der Waals surface area contributed by atoms with Crippen LogP contribution in [-0.4, -0.2) is 14.1 Å². The third kappa shape index (κ3) is 3.90. The first-order chi connectivity index (χ1) is 11.9. The van der Waals surface area contributed by atoms with Crippen LogP contribution in [0.25, 0.3) is 0 Å². The quantitative estimate of drug-likeness (QED) is 0.593. The summed E-state index contributed by atoms with van der Waals surface area (Å²) in [7, 11) is 4.38. The number of anilines is 4. The smallest absolute Gasteiger partial charge is 0.0652 e. The van der Waals surface area contributed by atoms with Crippen molar-refractivity contribution >= 4 is 22.7 Å². The number of benzene rings is 2. The number of fused-ring (bicyclic) bond motifs is 2. The molecular formula is C24H34N2. The van der Waals surface area contributed by atoms with Gasteiger partial charge in [0.05, 0.1) is 22.7 Å². The Morgan fingerprint density at radius 1 is 0.577 bits per heavy atom. The van der Waals surface area contributed by atoms with E-state index in [0.717, 1.165) is 12.8 Å². The SMILES string of the molecule is CN1c2ccc(CC(C)(C)C)cc2N(C)c2ccc(CC(C)(C)C)cc21. The van der Waals surface area contributed by atoms with Gasteiger partial charge in [0, 0.05) is 14.1 Å². The van der Waals surface area contributed by atoms with E-state index in [1.807, 2.05) is 0 Å². The van der Waals surface area contributed by atoms with E-state index < -0.39 is 0 Å². The molecule has 0 spiro atoms. The molecule has 2 nitrogen and oxygen atoms in total. The summed E-state index contributed by atoms with van der Waals surface area (Å²) in [5.74, 6) is 0. The highest BCUT2D eigenvalue weighted by Crippen LogP contribution is 2.47. The zero-order chi connectivity index (χ0) is 19.3. The van der Waals surface area contributed by atoms with Crippen molar-refractivity contribution in [2.45, 2.75) is 54.4 Å². The fraction of sp³-hybridized carbons (Fsp3) is 0.500. The zero-order valence-corrected chi connectivity index (χ0v) is 17.8. The van der Waals surface area contributed by atoms with Crippen molar-refractivity contribution in [2.24, 2.45) is 10.8 Å². The average Bonchev–Trinajstić information content (AvgIpc) is 2.49. The average molecular weight is 351 g/mol. The van der Waals surface area contributed by atoms with E-state index in [4.69, 9.17) is 0 Å². The van der Waals surface area contributed by atoms with Crippen molar-refractivity contribution in [1.82, 2.24) is 0 Å². The highest BCUT2D eigenvalue weighted by Gasteiger charge is 2.25. The first-order valence-electron chi connectivity index (χ1n) is 9.68. The molecule has 0 aliphatic carbocycles. The topological polar surface area (TPSA) is 6.48 Å². The summed E-state index contributed by atoms with van der Waals surface area (Å²) in [6, 6.07) is 13.9. The second-order valence-electron chi connectivity index (χ2n) is 10.2. The highest BCUT2D eigenvalue weighted by atomic mass is 15.2. The van der Waals surface area contributed by atoms with E-state index in [2.05, 4.69) is 102 Å². The van der Waals surface area contributed by atoms with Gasteiger partial charge in [-0.15, -0.1) is 0 Å². The summed E-state index contributed by atoms with van der Waals surface area (Å²) in [4.78, 5) is 4.69. The van der Waals surface area contributed by atoms with Gasteiger partial charge in [0.2, 0.25) is 0 Å². The molecule has 1 heterocycles. The Morgan fingerprint density at radius 3 is 1.23 bits per heavy atom. The summed E-state index contributed by atoms with van der Waals surface area (Å²) in [6.45, 7) is 13.8. The molecule has 0 bridgehead atoms. The minimum absolute atomic E-state index is 0.299. The Labute approximate surface area is 159 Å². The molecule has 2 aromatic carbocycles. The first kappa shape index (κ1) is 18.8. The molecule has 1 aliphatic rings. The van der Waals surface area contributed by atoms with Crippen LogP contribution in [0, 0.1) is 10.8 Å². The largest absolute Gasteiger partial charge is 0.341 e. The van der Waals surface area contributed by atoms with Crippen LogP contribution in [-0.2, 0) is 12.8 Å². The van der Waals surface area contributed by atoms with Crippen molar-refractivity contribution in [1.29, 1.82) is 0 Å². The maximum Gasteiger partial charge on any atom is 0.0652 e. The summed E-state index contributed by atoms with van der Waals surface area (Å²) in [5.41, 5.74) is 8.57. The van der Waals surface area contributed by atoms with Crippen molar-refractivity contribution in [3.8, 4) is 0 Å². The number of nitrogens with zero attached hydrogens (tertiary/aromatic N) is 2. The van der Waals surface area contributed by atoms with Crippen LogP contribution < -0.4 is 9.80 Å². The maximum absolute atomic E-state index is 2.36. The lowest BCUT2D eigenvalue weighted by molar-refractivity contribution is 0.411. The minimum atomic E-state index is 0.299. The van der Waals surface area contributed by atoms with Crippen LogP contribution >= 0.6 is 0 Å². The molecule has 0 fully saturated rings. The molecule has 0 saturated carbocycles. The summed E-state index contributed by atoms with van der Waals surface area (Å²) < 4.78 is 0. The standard InChI is InChI=1S/C24H34N2/c1-23(2,3)15-17-9-11-19-21(13-17)25(7)20-12-10-18(16-24(4,5)6)14-22(20)26(19)8/h9-14H,15-16H2,1-8H3. The highest BCUT2D eigenvalue weighted by molar-refractivity contribution is 5.93. The van der Waals surface area contributed by atoms with Crippen molar-refractivity contribution in [3.05, 3.63) is 47.5 Å². The molecule has 140 valence electrons. The van der Waals surface area contributed by atoms with Gasteiger partial charge in [-0.1, -0.05) is 53.7 Å². The van der Waals surface area contributed by atoms with Gasteiger partial charge in [0.15, 0.2) is 0 Å². The van der Waals surface area contributed by atoms with Gasteiger partial charge in [-0.05, 0) is 59.1 Å². The molecule has 0 saturated heterocycles. The van der Waals surface area contributed by atoms with E-state index in [9.17, 15) is 0 Å². The number of hydrogen-bond acceptors (Lipinski definition) is 2. The minimum Gasteiger partial charge on any atom is -0.341 e. The lowest BCUT2D eigenvalue weighted by Gasteiger charge is -2.37. The molecule has 0 amide bonds. The number of hydrogen-bond donors (Lipinski definition) is 0. The van der Waals surface area contributed by atoms with E-state index >= 15 is 0 Å². The molecule has 3 rings (SSSR count). The summed E-state index contributed by atoms with van der Waals surface area (Å²) in [6.07, 6.45) is 2.18. The molecule has 0 N–H and O–H groups in total. The Hall–Kier alpha value is -1.96. The summed E-state index contributed by atoms with van der Waals surface area (Å²) in [5, 5.41) is 0. The third-order valence-electron chi connectivity index (χ3n) is 4.99. The predicted molar refractivity (Wildman–Crippen MR) is 115 cm³/mol. The fourth-order valence-corrected chi connectivity index (χ4v) is 3.95. The van der Waals surface area contributed by atoms with E-state index in [1.165, 1.54) is 33.9 Å². The van der Waals surface area contributed by atoms with Crippen molar-refractivity contribution < 1.29 is 0 Å². The van der Waals surface area contributed by atoms with Crippen LogP contribution in [0.2, 0.25) is 0 Å². The Bertz CT molecular complexity index is 736. The lowest BCUT2D eigenvalue weighted by atomic mass is 9.87. The second kappa shape index (κ2) is 6.33. The Kier molecular flexibility index (Phi) is 4.58. The van der Waals surface area contributed by atoms with Gasteiger partial charge in [0.25, 0.3) is 0 Å². The molecule has 1 aliphatic heterocycles. The molecule has 0 radical (unpaired) electrons. The van der Waals surface area contributed by atoms with Gasteiger partial charge in [-0.2, -0.15) is 0 Å². The molecular weight excluding hydrogens is 316 g/mol. The van der Waals surface area contributed by atoms with Crippen LogP contribution in [0.15, 0.2) is 36.4 Å².